The van der Waals surface area contributed by atoms with Gasteiger partial charge in [0.15, 0.2) is 11.6 Å². The normalized spacial score (nSPS) is 14.6. The Labute approximate surface area is 221 Å². The molecule has 0 saturated carbocycles. The highest BCUT2D eigenvalue weighted by Crippen LogP contribution is 2.33. The minimum Gasteiger partial charge on any atom is -0.383 e. The van der Waals surface area contributed by atoms with Crippen LogP contribution < -0.4 is 16.4 Å². The second kappa shape index (κ2) is 13.6. The van der Waals surface area contributed by atoms with Crippen molar-refractivity contribution in [2.75, 3.05) is 13.1 Å². The van der Waals surface area contributed by atoms with Crippen LogP contribution in [0.4, 0.5) is 0 Å². The van der Waals surface area contributed by atoms with E-state index in [-0.39, 0.29) is 22.9 Å². The molecule has 36 heavy (non-hydrogen) atoms. The zero-order valence-electron chi connectivity index (χ0n) is 25.2. The summed E-state index contributed by atoms with van der Waals surface area (Å²) in [6.07, 6.45) is 5.26. The lowest BCUT2D eigenvalue weighted by Crippen LogP contribution is -2.58. The van der Waals surface area contributed by atoms with Gasteiger partial charge in [0.2, 0.25) is 0 Å². The number of aliphatic hydroxyl groups is 1. The zero-order chi connectivity index (χ0) is 28.6. The lowest BCUT2D eigenvalue weighted by molar-refractivity contribution is -0.134. The highest BCUT2D eigenvalue weighted by atomic mass is 16.3. The van der Waals surface area contributed by atoms with Crippen LogP contribution in [0.15, 0.2) is 0 Å². The predicted octanol–water partition coefficient (Wildman–Crippen LogP) is 4.33. The number of carbonyl (C=O) groups is 3. The van der Waals surface area contributed by atoms with Gasteiger partial charge in [-0.2, -0.15) is 0 Å². The molecular weight excluding hydrogens is 454 g/mol. The number of ketones is 3. The number of hydrogen-bond acceptors (Lipinski definition) is 7. The van der Waals surface area contributed by atoms with Crippen LogP contribution >= 0.6 is 0 Å². The molecule has 0 amide bonds. The van der Waals surface area contributed by atoms with E-state index in [0.717, 1.165) is 45.2 Å². The summed E-state index contributed by atoms with van der Waals surface area (Å²) < 4.78 is 0. The van der Waals surface area contributed by atoms with Gasteiger partial charge in [-0.3, -0.25) is 14.4 Å². The van der Waals surface area contributed by atoms with Gasteiger partial charge in [-0.1, -0.05) is 40.5 Å². The second-order valence-corrected chi connectivity index (χ2v) is 13.2. The van der Waals surface area contributed by atoms with Gasteiger partial charge < -0.3 is 21.5 Å². The number of rotatable bonds is 19. The van der Waals surface area contributed by atoms with Crippen LogP contribution in [0.25, 0.3) is 0 Å². The summed E-state index contributed by atoms with van der Waals surface area (Å²) in [5.74, 6) is 0.0876. The van der Waals surface area contributed by atoms with Crippen LogP contribution in [0.2, 0.25) is 0 Å². The van der Waals surface area contributed by atoms with Gasteiger partial charge in [-0.05, 0) is 87.2 Å². The van der Waals surface area contributed by atoms with Crippen molar-refractivity contribution in [1.82, 2.24) is 10.6 Å². The number of nitrogens with one attached hydrogen (secondary N) is 2. The molecule has 0 aromatic heterocycles. The third-order valence-electron chi connectivity index (χ3n) is 8.80. The van der Waals surface area contributed by atoms with Gasteiger partial charge in [0.25, 0.3) is 0 Å². The summed E-state index contributed by atoms with van der Waals surface area (Å²) in [5.41, 5.74) is 3.22. The Balaban J connectivity index is 4.55. The van der Waals surface area contributed by atoms with Crippen molar-refractivity contribution in [2.24, 2.45) is 16.6 Å². The maximum Gasteiger partial charge on any atom is 0.163 e. The molecule has 0 aliphatic carbocycles. The average Bonchev–Trinajstić information content (AvgIpc) is 2.73. The molecule has 0 heterocycles. The Bertz CT molecular complexity index is 733. The SMILES string of the molecule is CC(=O)C(C)(C)C(C)(C)NCCCCC(N)C(=O)C(C)(C)C(C)(C)NCCCCCC(=O)C(C)(C)O. The van der Waals surface area contributed by atoms with Gasteiger partial charge >= 0.3 is 0 Å². The van der Waals surface area contributed by atoms with Gasteiger partial charge in [0.1, 0.15) is 11.4 Å². The Kier molecular flexibility index (Phi) is 13.2. The van der Waals surface area contributed by atoms with Gasteiger partial charge in [-0.25, -0.2) is 0 Å². The third kappa shape index (κ3) is 9.96. The topological polar surface area (TPSA) is 122 Å². The first kappa shape index (κ1) is 34.9. The fraction of sp³-hybridized carbons (Fsp3) is 0.897. The van der Waals surface area contributed by atoms with Crippen molar-refractivity contribution in [2.45, 2.75) is 144 Å². The molecule has 0 rings (SSSR count). The number of nitrogens with two attached hydrogens (primary N) is 1. The van der Waals surface area contributed by atoms with Gasteiger partial charge in [0, 0.05) is 28.3 Å². The van der Waals surface area contributed by atoms with E-state index in [2.05, 4.69) is 24.5 Å². The smallest absolute Gasteiger partial charge is 0.163 e. The summed E-state index contributed by atoms with van der Waals surface area (Å²) in [6, 6.07) is -0.518. The minimum absolute atomic E-state index is 0.0572. The molecule has 0 aliphatic rings. The molecule has 0 saturated heterocycles. The third-order valence-corrected chi connectivity index (χ3v) is 8.80. The summed E-state index contributed by atoms with van der Waals surface area (Å²) in [6.45, 7) is 22.2. The minimum atomic E-state index is -1.26. The molecule has 0 bridgehead atoms. The molecule has 0 aliphatic heterocycles. The Morgan fingerprint density at radius 3 is 1.61 bits per heavy atom. The van der Waals surface area contributed by atoms with E-state index in [1.54, 1.807) is 6.92 Å². The van der Waals surface area contributed by atoms with Crippen LogP contribution in [0.3, 0.4) is 0 Å². The monoisotopic (exact) mass is 511 g/mol. The van der Waals surface area contributed by atoms with Crippen molar-refractivity contribution >= 4 is 17.3 Å². The molecule has 7 heteroatoms. The first-order valence-corrected chi connectivity index (χ1v) is 13.7. The molecule has 0 aromatic rings. The van der Waals surface area contributed by atoms with Crippen LogP contribution in [0.1, 0.15) is 121 Å². The van der Waals surface area contributed by atoms with E-state index in [9.17, 15) is 19.5 Å². The lowest BCUT2D eigenvalue weighted by atomic mass is 9.69. The van der Waals surface area contributed by atoms with E-state index in [1.807, 2.05) is 41.5 Å². The molecule has 5 N–H and O–H groups in total. The molecule has 212 valence electrons. The molecule has 1 atom stereocenters. The first-order chi connectivity index (χ1) is 16.1. The Morgan fingerprint density at radius 1 is 0.722 bits per heavy atom. The summed E-state index contributed by atoms with van der Waals surface area (Å²) in [4.78, 5) is 37.1. The number of Topliss-reactive ketones (excluding diaryl/α,β-unsaturated/α-hetero) is 3. The molecule has 0 spiro atoms. The number of carbonyl (C=O) groups excluding carboxylic acids is 3. The molecule has 0 fully saturated rings. The fourth-order valence-corrected chi connectivity index (χ4v) is 3.97. The van der Waals surface area contributed by atoms with E-state index in [0.29, 0.717) is 12.8 Å². The van der Waals surface area contributed by atoms with E-state index in [4.69, 9.17) is 5.73 Å². The second-order valence-electron chi connectivity index (χ2n) is 13.2. The molecule has 1 unspecified atom stereocenters. The fourth-order valence-electron chi connectivity index (χ4n) is 3.97. The zero-order valence-corrected chi connectivity index (χ0v) is 25.2. The molecule has 7 nitrogen and oxygen atoms in total. The lowest BCUT2D eigenvalue weighted by Gasteiger charge is -2.42. The Morgan fingerprint density at radius 2 is 1.17 bits per heavy atom. The molecule has 0 aromatic carbocycles. The summed E-state index contributed by atoms with van der Waals surface area (Å²) in [5, 5.41) is 16.7. The highest BCUT2D eigenvalue weighted by molar-refractivity contribution is 5.90. The quantitative estimate of drug-likeness (QED) is 0.190. The van der Waals surface area contributed by atoms with Crippen LogP contribution in [0.5, 0.6) is 0 Å². The van der Waals surface area contributed by atoms with E-state index >= 15 is 0 Å². The van der Waals surface area contributed by atoms with Gasteiger partial charge in [-0.15, -0.1) is 0 Å². The Hall–Kier alpha value is -1.15. The van der Waals surface area contributed by atoms with Crippen molar-refractivity contribution < 1.29 is 19.5 Å². The van der Waals surface area contributed by atoms with Crippen LogP contribution in [-0.4, -0.2) is 58.3 Å². The largest absolute Gasteiger partial charge is 0.383 e. The highest BCUT2D eigenvalue weighted by Gasteiger charge is 2.44. The van der Waals surface area contributed by atoms with E-state index < -0.39 is 28.0 Å². The number of unbranched alkanes of at least 4 members (excludes halogenated alkanes) is 3. The van der Waals surface area contributed by atoms with Crippen LogP contribution in [0, 0.1) is 10.8 Å². The molecule has 0 radical (unpaired) electrons. The standard InChI is InChI=1S/C29H57N3O4/c1-21(33)25(2,3)28(8,9)31-20-16-14-17-22(30)24(35)26(4,5)29(10,11)32-19-15-12-13-18-23(34)27(6,7)36/h22,31-32,36H,12-20,30H2,1-11H3. The predicted molar refractivity (Wildman–Crippen MR) is 149 cm³/mol. The average molecular weight is 512 g/mol. The van der Waals surface area contributed by atoms with Crippen molar-refractivity contribution in [3.8, 4) is 0 Å². The van der Waals surface area contributed by atoms with E-state index in [1.165, 1.54) is 13.8 Å². The summed E-state index contributed by atoms with van der Waals surface area (Å²) >= 11 is 0. The maximum absolute atomic E-state index is 13.3. The van der Waals surface area contributed by atoms with Crippen molar-refractivity contribution in [3.63, 3.8) is 0 Å². The summed E-state index contributed by atoms with van der Waals surface area (Å²) in [7, 11) is 0. The number of hydrogen-bond donors (Lipinski definition) is 4. The van der Waals surface area contributed by atoms with Crippen LogP contribution in [-0.2, 0) is 14.4 Å². The first-order valence-electron chi connectivity index (χ1n) is 13.7. The van der Waals surface area contributed by atoms with Gasteiger partial charge in [0.05, 0.1) is 6.04 Å². The van der Waals surface area contributed by atoms with Crippen molar-refractivity contribution in [1.29, 1.82) is 0 Å². The van der Waals surface area contributed by atoms with Crippen molar-refractivity contribution in [3.05, 3.63) is 0 Å². The maximum atomic E-state index is 13.3. The molecular formula is C29H57N3O4.